The van der Waals surface area contributed by atoms with E-state index >= 15 is 0 Å². The van der Waals surface area contributed by atoms with Crippen LogP contribution in [0.1, 0.15) is 29.0 Å². The Morgan fingerprint density at radius 2 is 1.38 bits per heavy atom. The summed E-state index contributed by atoms with van der Waals surface area (Å²) in [4.78, 5) is 9.06. The minimum atomic E-state index is -2.61. The molecule has 11 aromatic rings. The van der Waals surface area contributed by atoms with Crippen LogP contribution in [-0.2, 0) is 20.1 Å². The number of pyridine rings is 2. The van der Waals surface area contributed by atoms with E-state index in [2.05, 4.69) is 117 Å². The Morgan fingerprint density at radius 3 is 2.18 bits per heavy atom. The zero-order valence-electron chi connectivity index (χ0n) is 35.2. The monoisotopic (exact) mass is 828 g/mol. The van der Waals surface area contributed by atoms with Gasteiger partial charge >= 0.3 is 0 Å². The smallest absolute Gasteiger partial charge is 0.0774 e. The van der Waals surface area contributed by atoms with Crippen molar-refractivity contribution in [3.05, 3.63) is 156 Å². The summed E-state index contributed by atoms with van der Waals surface area (Å²) in [5, 5.41) is 8.69. The molecule has 5 heteroatoms. The van der Waals surface area contributed by atoms with Crippen molar-refractivity contribution in [1.82, 2.24) is 18.8 Å². The van der Waals surface area contributed by atoms with Crippen LogP contribution in [0.3, 0.4) is 0 Å². The first-order valence-corrected chi connectivity index (χ1v) is 15.9. The molecule has 0 aliphatic heterocycles. The Labute approximate surface area is 315 Å². The van der Waals surface area contributed by atoms with Gasteiger partial charge < -0.3 is 13.8 Å². The van der Waals surface area contributed by atoms with Gasteiger partial charge in [0.2, 0.25) is 0 Å². The molecule has 50 heavy (non-hydrogen) atoms. The minimum absolute atomic E-state index is 0. The first-order chi connectivity index (χ1) is 27.7. The van der Waals surface area contributed by atoms with Crippen LogP contribution in [0.15, 0.2) is 128 Å². The van der Waals surface area contributed by atoms with Crippen LogP contribution in [-0.4, -0.2) is 18.8 Å². The van der Waals surface area contributed by atoms with Gasteiger partial charge in [-0.2, -0.15) is 0 Å². The van der Waals surface area contributed by atoms with Crippen LogP contribution in [0.25, 0.3) is 87.7 Å². The van der Waals surface area contributed by atoms with Crippen LogP contribution in [0.2, 0.25) is 0 Å². The summed E-state index contributed by atoms with van der Waals surface area (Å²) in [5.41, 5.74) is 8.15. The molecular weight excluding hydrogens is 789 g/mol. The van der Waals surface area contributed by atoms with Crippen molar-refractivity contribution >= 4 is 76.5 Å². The van der Waals surface area contributed by atoms with E-state index in [0.29, 0.717) is 5.56 Å². The molecule has 241 valence electrons. The number of hydrogen-bond acceptors (Lipinski definition) is 2. The largest absolute Gasteiger partial charge is 0.333 e. The third-order valence-corrected chi connectivity index (χ3v) is 9.50. The zero-order valence-corrected chi connectivity index (χ0v) is 28.6. The normalized spacial score (nSPS) is 15.2. The third-order valence-electron chi connectivity index (χ3n) is 9.50. The van der Waals surface area contributed by atoms with E-state index in [1.807, 2.05) is 6.07 Å². The van der Waals surface area contributed by atoms with Gasteiger partial charge in [0, 0.05) is 65.7 Å². The average Bonchev–Trinajstić information content (AvgIpc) is 3.87. The van der Waals surface area contributed by atoms with Gasteiger partial charge in [-0.05, 0) is 60.7 Å². The standard InChI is InChI=1S/C31H16N3.C14H14N.Ir/c1-2-11-20-19(10-1)28-27(34-26-16-8-5-13-23(26)32-31(20)34)17-22-18-9-3-6-14-24(18)33-25-15-7-4-12-21(25)29(28)30(22)33;1-10-4-6-13(7-5-10)14-8-11(2)12(3)9-15-14;/h1-10,12-17H;4-6,8-9H,1-3H3;/q2*-1;/i;1D3,2D3,3D3;. The molecule has 0 unspecified atom stereocenters. The molecular formula is C45H30IrN4-2. The number of aryl methyl sites for hydroxylation is 3. The maximum absolute atomic E-state index is 7.54. The molecule has 4 nitrogen and oxygen atoms in total. The maximum atomic E-state index is 7.54. The van der Waals surface area contributed by atoms with Crippen molar-refractivity contribution in [2.45, 2.75) is 20.6 Å². The predicted molar refractivity (Wildman–Crippen MR) is 204 cm³/mol. The Kier molecular flexibility index (Phi) is 5.09. The minimum Gasteiger partial charge on any atom is -0.333 e. The molecule has 1 radical (unpaired) electrons. The van der Waals surface area contributed by atoms with Crippen LogP contribution < -0.4 is 0 Å². The van der Waals surface area contributed by atoms with E-state index in [9.17, 15) is 0 Å². The van der Waals surface area contributed by atoms with Crippen LogP contribution >= 0.6 is 0 Å². The summed E-state index contributed by atoms with van der Waals surface area (Å²) in [6.45, 7) is -7.47. The summed E-state index contributed by atoms with van der Waals surface area (Å²) in [7, 11) is 0. The maximum Gasteiger partial charge on any atom is 0.0774 e. The van der Waals surface area contributed by atoms with Crippen LogP contribution in [0.5, 0.6) is 0 Å². The molecule has 0 aliphatic rings. The fourth-order valence-corrected chi connectivity index (χ4v) is 7.41. The molecule has 5 heterocycles. The molecule has 0 amide bonds. The number of aromatic nitrogens is 4. The quantitative estimate of drug-likeness (QED) is 0.122. The summed E-state index contributed by atoms with van der Waals surface area (Å²) < 4.78 is 71.7. The first-order valence-electron chi connectivity index (χ1n) is 20.4. The third kappa shape index (κ3) is 4.34. The second kappa shape index (κ2) is 11.5. The Morgan fingerprint density at radius 1 is 0.620 bits per heavy atom. The van der Waals surface area contributed by atoms with Gasteiger partial charge in [-0.3, -0.25) is 4.98 Å². The molecule has 0 bridgehead atoms. The molecule has 0 spiro atoms. The van der Waals surface area contributed by atoms with Crippen molar-refractivity contribution < 1.29 is 32.4 Å². The first kappa shape index (κ1) is 22.2. The van der Waals surface area contributed by atoms with Crippen molar-refractivity contribution in [3.8, 4) is 11.3 Å². The van der Waals surface area contributed by atoms with Crippen molar-refractivity contribution in [1.29, 1.82) is 0 Å². The number of fused-ring (bicyclic) bond motifs is 15. The molecule has 0 atom stereocenters. The fourth-order valence-electron chi connectivity index (χ4n) is 7.41. The zero-order chi connectivity index (χ0) is 40.3. The second-order valence-corrected chi connectivity index (χ2v) is 12.2. The van der Waals surface area contributed by atoms with Gasteiger partial charge in [0.15, 0.2) is 0 Å². The van der Waals surface area contributed by atoms with Crippen molar-refractivity contribution in [2.75, 3.05) is 0 Å². The molecule has 0 N–H and O–H groups in total. The van der Waals surface area contributed by atoms with E-state index in [-0.39, 0.29) is 42.5 Å². The van der Waals surface area contributed by atoms with Crippen LogP contribution in [0, 0.1) is 32.7 Å². The molecule has 0 fully saturated rings. The van der Waals surface area contributed by atoms with Gasteiger partial charge in [-0.25, -0.2) is 0 Å². The number of para-hydroxylation sites is 4. The number of nitrogens with zero attached hydrogens (tertiary/aromatic N) is 4. The molecule has 5 aromatic heterocycles. The van der Waals surface area contributed by atoms with E-state index in [1.165, 1.54) is 78.6 Å². The molecule has 0 saturated heterocycles. The Hall–Kier alpha value is -5.61. The second-order valence-electron chi connectivity index (χ2n) is 12.2. The molecule has 6 aromatic carbocycles. The Balaban J connectivity index is 0.000000160. The number of rotatable bonds is 1. The fraction of sp³-hybridized carbons (Fsp3) is 0.0667. The molecule has 11 rings (SSSR count). The van der Waals surface area contributed by atoms with Crippen LogP contribution in [0.4, 0.5) is 0 Å². The summed E-state index contributed by atoms with van der Waals surface area (Å²) in [5.74, 6) is 0. The molecule has 0 saturated carbocycles. The topological polar surface area (TPSA) is 34.6 Å². The van der Waals surface area contributed by atoms with Gasteiger partial charge in [-0.15, -0.1) is 65.0 Å². The number of benzene rings is 6. The van der Waals surface area contributed by atoms with E-state index in [0.717, 1.165) is 28.3 Å². The van der Waals surface area contributed by atoms with Gasteiger partial charge in [-0.1, -0.05) is 72.4 Å². The average molecular weight is 828 g/mol. The summed E-state index contributed by atoms with van der Waals surface area (Å²) >= 11 is 0. The van der Waals surface area contributed by atoms with E-state index < -0.39 is 20.6 Å². The van der Waals surface area contributed by atoms with Gasteiger partial charge in [0.25, 0.3) is 0 Å². The molecule has 0 aliphatic carbocycles. The van der Waals surface area contributed by atoms with Gasteiger partial charge in [0.1, 0.15) is 0 Å². The summed E-state index contributed by atoms with van der Waals surface area (Å²) in [6.07, 6.45) is 1.02. The van der Waals surface area contributed by atoms with Crippen molar-refractivity contribution in [3.63, 3.8) is 0 Å². The van der Waals surface area contributed by atoms with E-state index in [1.54, 1.807) is 0 Å². The predicted octanol–water partition coefficient (Wildman–Crippen LogP) is 11.2. The van der Waals surface area contributed by atoms with E-state index in [4.69, 9.17) is 17.3 Å². The summed E-state index contributed by atoms with van der Waals surface area (Å²) in [6, 6.07) is 46.3. The number of hydrogen-bond donors (Lipinski definition) is 0. The SMILES string of the molecule is [2H]C([2H])([2H])c1c[c-]c(-c2cc(C([2H])([2H])[2H])c(C([2H])([2H])[2H])cn2)cc1.[Ir].[c-]1cccc2c1c1nc3ccccc3n1c1cc3c4ccccc4n4c5ccccc5c(c21)c34. The van der Waals surface area contributed by atoms with Gasteiger partial charge in [0.05, 0.1) is 33.2 Å². The Bertz CT molecular complexity index is 3410. The number of imidazole rings is 1. The van der Waals surface area contributed by atoms with Crippen molar-refractivity contribution in [2.24, 2.45) is 0 Å².